The van der Waals surface area contributed by atoms with E-state index in [1.807, 2.05) is 0 Å². The van der Waals surface area contributed by atoms with Gasteiger partial charge in [-0.1, -0.05) is 26.7 Å². The summed E-state index contributed by atoms with van der Waals surface area (Å²) in [6.45, 7) is 4.36. The second-order valence-corrected chi connectivity index (χ2v) is 3.20. The highest BCUT2D eigenvalue weighted by atomic mass is 15.1. The van der Waals surface area contributed by atoms with Crippen LogP contribution >= 0.6 is 0 Å². The van der Waals surface area contributed by atoms with E-state index in [2.05, 4.69) is 30.1 Å². The molecule has 0 aromatic carbocycles. The third kappa shape index (κ3) is 2.68. The third-order valence-electron chi connectivity index (χ3n) is 2.10. The zero-order valence-corrected chi connectivity index (χ0v) is 8.06. The summed E-state index contributed by atoms with van der Waals surface area (Å²) in [5.41, 5.74) is 2.47. The van der Waals surface area contributed by atoms with Crippen LogP contribution in [0.3, 0.4) is 0 Å². The van der Waals surface area contributed by atoms with Crippen molar-refractivity contribution >= 4 is 0 Å². The molecule has 2 nitrogen and oxygen atoms in total. The highest BCUT2D eigenvalue weighted by Crippen LogP contribution is 2.05. The van der Waals surface area contributed by atoms with Crippen molar-refractivity contribution in [3.8, 4) is 0 Å². The summed E-state index contributed by atoms with van der Waals surface area (Å²) in [5.74, 6) is 0. The van der Waals surface area contributed by atoms with E-state index in [9.17, 15) is 0 Å². The molecule has 68 valence electrons. The first kappa shape index (κ1) is 9.30. The van der Waals surface area contributed by atoms with Crippen LogP contribution in [0.1, 0.15) is 44.5 Å². The van der Waals surface area contributed by atoms with E-state index in [0.29, 0.717) is 0 Å². The van der Waals surface area contributed by atoms with Crippen molar-refractivity contribution in [2.75, 3.05) is 0 Å². The van der Waals surface area contributed by atoms with Crippen LogP contribution < -0.4 is 0 Å². The lowest BCUT2D eigenvalue weighted by Crippen LogP contribution is -1.84. The van der Waals surface area contributed by atoms with Gasteiger partial charge in [0.05, 0.1) is 5.69 Å². The number of H-pyrrole nitrogens is 1. The van der Waals surface area contributed by atoms with Gasteiger partial charge >= 0.3 is 0 Å². The van der Waals surface area contributed by atoms with Crippen LogP contribution in [-0.2, 0) is 12.8 Å². The highest BCUT2D eigenvalue weighted by molar-refractivity contribution is 5.08. The molecule has 0 aliphatic rings. The van der Waals surface area contributed by atoms with Crippen LogP contribution in [-0.4, -0.2) is 10.2 Å². The Balaban J connectivity index is 2.31. The number of aryl methyl sites for hydroxylation is 2. The zero-order chi connectivity index (χ0) is 8.81. The maximum absolute atomic E-state index is 4.19. The van der Waals surface area contributed by atoms with Gasteiger partial charge in [-0.05, 0) is 25.3 Å². The summed E-state index contributed by atoms with van der Waals surface area (Å²) in [7, 11) is 0. The van der Waals surface area contributed by atoms with Crippen LogP contribution in [0.15, 0.2) is 6.07 Å². The van der Waals surface area contributed by atoms with Gasteiger partial charge in [0.1, 0.15) is 0 Å². The lowest BCUT2D eigenvalue weighted by atomic mass is 10.1. The van der Waals surface area contributed by atoms with Crippen molar-refractivity contribution in [3.05, 3.63) is 17.5 Å². The fourth-order valence-corrected chi connectivity index (χ4v) is 1.28. The lowest BCUT2D eigenvalue weighted by molar-refractivity contribution is 0.705. The van der Waals surface area contributed by atoms with E-state index in [1.54, 1.807) is 0 Å². The standard InChI is InChI=1S/C10H18N2/c1-3-5-6-7-10-8-9(4-2)11-12-10/h8H,3-7H2,1-2H3,(H,11,12). The lowest BCUT2D eigenvalue weighted by Gasteiger charge is -1.93. The molecule has 1 aromatic heterocycles. The van der Waals surface area contributed by atoms with Crippen molar-refractivity contribution in [3.63, 3.8) is 0 Å². The Kier molecular flexibility index (Phi) is 3.85. The minimum Gasteiger partial charge on any atom is -0.282 e. The fourth-order valence-electron chi connectivity index (χ4n) is 1.28. The van der Waals surface area contributed by atoms with Crippen molar-refractivity contribution < 1.29 is 0 Å². The maximum atomic E-state index is 4.19. The smallest absolute Gasteiger partial charge is 0.0622 e. The molecule has 0 bridgehead atoms. The topological polar surface area (TPSA) is 28.7 Å². The van der Waals surface area contributed by atoms with Crippen molar-refractivity contribution in [1.82, 2.24) is 10.2 Å². The molecule has 0 spiro atoms. The zero-order valence-electron chi connectivity index (χ0n) is 8.06. The van der Waals surface area contributed by atoms with Gasteiger partial charge < -0.3 is 0 Å². The highest BCUT2D eigenvalue weighted by Gasteiger charge is 1.97. The van der Waals surface area contributed by atoms with Crippen molar-refractivity contribution in [2.45, 2.75) is 46.0 Å². The van der Waals surface area contributed by atoms with Gasteiger partial charge in [-0.2, -0.15) is 5.10 Å². The van der Waals surface area contributed by atoms with Gasteiger partial charge in [0.2, 0.25) is 0 Å². The summed E-state index contributed by atoms with van der Waals surface area (Å²) in [4.78, 5) is 0. The molecule has 0 unspecified atom stereocenters. The summed E-state index contributed by atoms with van der Waals surface area (Å²) < 4.78 is 0. The van der Waals surface area contributed by atoms with Gasteiger partial charge in [-0.3, -0.25) is 5.10 Å². The Morgan fingerprint density at radius 1 is 1.33 bits per heavy atom. The van der Waals surface area contributed by atoms with Gasteiger partial charge in [-0.15, -0.1) is 0 Å². The second-order valence-electron chi connectivity index (χ2n) is 3.20. The quantitative estimate of drug-likeness (QED) is 0.669. The normalized spacial score (nSPS) is 10.5. The average molecular weight is 166 g/mol. The average Bonchev–Trinajstić information content (AvgIpc) is 2.53. The maximum Gasteiger partial charge on any atom is 0.0622 e. The van der Waals surface area contributed by atoms with Crippen LogP contribution in [0, 0.1) is 0 Å². The largest absolute Gasteiger partial charge is 0.282 e. The Labute approximate surface area is 74.4 Å². The molecule has 0 fully saturated rings. The molecule has 0 amide bonds. The predicted octanol–water partition coefficient (Wildman–Crippen LogP) is 2.70. The van der Waals surface area contributed by atoms with Gasteiger partial charge in [0, 0.05) is 5.69 Å². The van der Waals surface area contributed by atoms with Gasteiger partial charge in [0.25, 0.3) is 0 Å². The molecular formula is C10H18N2. The van der Waals surface area contributed by atoms with Crippen LogP contribution in [0.4, 0.5) is 0 Å². The summed E-state index contributed by atoms with van der Waals surface area (Å²) >= 11 is 0. The Morgan fingerprint density at radius 2 is 2.17 bits per heavy atom. The number of hydrogen-bond acceptors (Lipinski definition) is 1. The monoisotopic (exact) mass is 166 g/mol. The summed E-state index contributed by atoms with van der Waals surface area (Å²) in [6, 6.07) is 2.18. The minimum absolute atomic E-state index is 1.03. The molecule has 1 heterocycles. The number of rotatable bonds is 5. The minimum atomic E-state index is 1.03. The third-order valence-corrected chi connectivity index (χ3v) is 2.10. The number of unbranched alkanes of at least 4 members (excludes halogenated alkanes) is 2. The number of aromatic amines is 1. The first-order chi connectivity index (χ1) is 5.86. The number of hydrogen-bond donors (Lipinski definition) is 1. The number of nitrogens with one attached hydrogen (secondary N) is 1. The van der Waals surface area contributed by atoms with Crippen LogP contribution in [0.5, 0.6) is 0 Å². The van der Waals surface area contributed by atoms with E-state index in [4.69, 9.17) is 0 Å². The first-order valence-corrected chi connectivity index (χ1v) is 4.90. The van der Waals surface area contributed by atoms with Gasteiger partial charge in [-0.25, -0.2) is 0 Å². The second kappa shape index (κ2) is 4.96. The molecule has 1 aromatic rings. The van der Waals surface area contributed by atoms with E-state index in [-0.39, 0.29) is 0 Å². The first-order valence-electron chi connectivity index (χ1n) is 4.90. The molecule has 0 atom stereocenters. The molecule has 0 aliphatic carbocycles. The molecule has 1 N–H and O–H groups in total. The Morgan fingerprint density at radius 3 is 2.75 bits per heavy atom. The number of aromatic nitrogens is 2. The SMILES string of the molecule is CCCCCc1cc(CC)n[nH]1. The molecule has 2 heteroatoms. The van der Waals surface area contributed by atoms with Crippen LogP contribution in [0.25, 0.3) is 0 Å². The van der Waals surface area contributed by atoms with Crippen LogP contribution in [0.2, 0.25) is 0 Å². The summed E-state index contributed by atoms with van der Waals surface area (Å²) in [6.07, 6.45) is 6.07. The van der Waals surface area contributed by atoms with Gasteiger partial charge in [0.15, 0.2) is 0 Å². The molecule has 0 saturated carbocycles. The fraction of sp³-hybridized carbons (Fsp3) is 0.700. The van der Waals surface area contributed by atoms with E-state index < -0.39 is 0 Å². The van der Waals surface area contributed by atoms with Crippen molar-refractivity contribution in [1.29, 1.82) is 0 Å². The predicted molar refractivity (Wildman–Crippen MR) is 51.2 cm³/mol. The Hall–Kier alpha value is -0.790. The van der Waals surface area contributed by atoms with E-state index in [0.717, 1.165) is 12.8 Å². The molecule has 0 aliphatic heterocycles. The van der Waals surface area contributed by atoms with Crippen molar-refractivity contribution in [2.24, 2.45) is 0 Å². The summed E-state index contributed by atoms with van der Waals surface area (Å²) in [5, 5.41) is 7.25. The van der Waals surface area contributed by atoms with E-state index in [1.165, 1.54) is 30.7 Å². The Bertz CT molecular complexity index is 215. The molecule has 1 rings (SSSR count). The molecular weight excluding hydrogens is 148 g/mol. The molecule has 12 heavy (non-hydrogen) atoms. The number of nitrogens with zero attached hydrogens (tertiary/aromatic N) is 1. The molecule has 0 saturated heterocycles. The van der Waals surface area contributed by atoms with E-state index >= 15 is 0 Å². The molecule has 0 radical (unpaired) electrons.